The molecular formula is C32H60O12. The molecule has 0 aromatic carbocycles. The van der Waals surface area contributed by atoms with E-state index in [1.165, 1.54) is 77.0 Å². The highest BCUT2D eigenvalue weighted by atomic mass is 16.7. The lowest BCUT2D eigenvalue weighted by Crippen LogP contribution is -2.72. The Balaban J connectivity index is 1.79. The molecule has 0 amide bonds. The van der Waals surface area contributed by atoms with Gasteiger partial charge in [0, 0.05) is 6.42 Å². The second-order valence-electron chi connectivity index (χ2n) is 12.6. The average molecular weight is 637 g/mol. The molecule has 2 aliphatic heterocycles. The van der Waals surface area contributed by atoms with E-state index >= 15 is 0 Å². The molecule has 2 heterocycles. The third-order valence-corrected chi connectivity index (χ3v) is 9.00. The maximum atomic E-state index is 13.5. The number of carbonyl (C=O) groups is 1. The predicted octanol–water partition coefficient (Wildman–Crippen LogP) is 1.58. The van der Waals surface area contributed by atoms with Crippen LogP contribution in [0.5, 0.6) is 0 Å². The molecule has 12 heteroatoms. The fraction of sp³-hybridized carbons (Fsp3) is 0.969. The molecule has 2 aliphatic rings. The lowest BCUT2D eigenvalue weighted by atomic mass is 9.87. The molecule has 0 aromatic rings. The summed E-state index contributed by atoms with van der Waals surface area (Å²) in [6.45, 7) is 0.626. The van der Waals surface area contributed by atoms with Gasteiger partial charge in [0.25, 0.3) is 5.79 Å². The van der Waals surface area contributed by atoms with Crippen molar-refractivity contribution in [2.45, 2.75) is 183 Å². The Bertz CT molecular complexity index is 768. The third kappa shape index (κ3) is 11.5. The summed E-state index contributed by atoms with van der Waals surface area (Å²) in [5.74, 6) is -3.45. The molecule has 0 bridgehead atoms. The lowest BCUT2D eigenvalue weighted by molar-refractivity contribution is -0.386. The van der Waals surface area contributed by atoms with Crippen molar-refractivity contribution >= 4 is 5.78 Å². The fourth-order valence-corrected chi connectivity index (χ4v) is 6.13. The highest BCUT2D eigenvalue weighted by Crippen LogP contribution is 2.37. The van der Waals surface area contributed by atoms with E-state index in [0.717, 1.165) is 19.3 Å². The highest BCUT2D eigenvalue weighted by Gasteiger charge is 2.61. The van der Waals surface area contributed by atoms with Gasteiger partial charge in [-0.15, -0.1) is 0 Å². The van der Waals surface area contributed by atoms with Crippen molar-refractivity contribution in [3.05, 3.63) is 0 Å². The number of Topliss-reactive ketones (excluding diaryl/α,β-unsaturated/α-hetero) is 1. The molecule has 0 aromatic heterocycles. The van der Waals surface area contributed by atoms with E-state index in [4.69, 9.17) is 14.2 Å². The maximum absolute atomic E-state index is 13.5. The van der Waals surface area contributed by atoms with Gasteiger partial charge >= 0.3 is 0 Å². The zero-order valence-corrected chi connectivity index (χ0v) is 26.5. The van der Waals surface area contributed by atoms with Crippen molar-refractivity contribution in [2.24, 2.45) is 0 Å². The van der Waals surface area contributed by atoms with Gasteiger partial charge < -0.3 is 55.1 Å². The molecule has 12 nitrogen and oxygen atoms in total. The van der Waals surface area contributed by atoms with Crippen LogP contribution in [-0.2, 0) is 19.0 Å². The van der Waals surface area contributed by atoms with Gasteiger partial charge in [0.05, 0.1) is 13.2 Å². The largest absolute Gasteiger partial charge is 0.394 e. The van der Waals surface area contributed by atoms with E-state index in [0.29, 0.717) is 12.8 Å². The van der Waals surface area contributed by atoms with Gasteiger partial charge in [-0.3, -0.25) is 4.79 Å². The second-order valence-corrected chi connectivity index (χ2v) is 12.6. The summed E-state index contributed by atoms with van der Waals surface area (Å²) < 4.78 is 16.4. The molecule has 0 spiro atoms. The van der Waals surface area contributed by atoms with Crippen molar-refractivity contribution in [1.29, 1.82) is 0 Å². The van der Waals surface area contributed by atoms with Gasteiger partial charge in [0.2, 0.25) is 0 Å². The Morgan fingerprint density at radius 3 is 1.52 bits per heavy atom. The third-order valence-electron chi connectivity index (χ3n) is 9.00. The number of carbonyl (C=O) groups excluding carboxylic acids is 1. The highest BCUT2D eigenvalue weighted by molar-refractivity contribution is 5.87. The van der Waals surface area contributed by atoms with E-state index in [1.807, 2.05) is 0 Å². The predicted molar refractivity (Wildman–Crippen MR) is 161 cm³/mol. The second kappa shape index (κ2) is 21.2. The fourth-order valence-electron chi connectivity index (χ4n) is 6.13. The van der Waals surface area contributed by atoms with Crippen LogP contribution in [0, 0.1) is 0 Å². The normalized spacial score (nSPS) is 34.3. The van der Waals surface area contributed by atoms with Crippen LogP contribution in [0.25, 0.3) is 0 Å². The first kappa shape index (κ1) is 39.4. The molecule has 44 heavy (non-hydrogen) atoms. The van der Waals surface area contributed by atoms with Gasteiger partial charge in [0.15, 0.2) is 12.1 Å². The Kier molecular flexibility index (Phi) is 19.0. The molecule has 0 radical (unpaired) electrons. The Labute approximate surface area is 262 Å². The molecule has 0 aliphatic carbocycles. The zero-order valence-electron chi connectivity index (χ0n) is 26.5. The Morgan fingerprint density at radius 2 is 1.07 bits per heavy atom. The van der Waals surface area contributed by atoms with Crippen LogP contribution in [0.1, 0.15) is 122 Å². The summed E-state index contributed by atoms with van der Waals surface area (Å²) in [6.07, 6.45) is 3.67. The summed E-state index contributed by atoms with van der Waals surface area (Å²) in [6, 6.07) is 0. The number of aliphatic hydroxyl groups excluding tert-OH is 8. The average Bonchev–Trinajstić information content (AvgIpc) is 3.02. The van der Waals surface area contributed by atoms with Gasteiger partial charge in [0.1, 0.15) is 48.8 Å². The van der Waals surface area contributed by atoms with Crippen LogP contribution in [0.15, 0.2) is 0 Å². The Hall–Kier alpha value is -0.770. The quantitative estimate of drug-likeness (QED) is 0.0753. The van der Waals surface area contributed by atoms with Gasteiger partial charge in [-0.05, 0) is 6.42 Å². The van der Waals surface area contributed by atoms with Crippen LogP contribution in [-0.4, -0.2) is 121 Å². The van der Waals surface area contributed by atoms with Crippen LogP contribution in [0.3, 0.4) is 0 Å². The van der Waals surface area contributed by atoms with Crippen molar-refractivity contribution in [3.8, 4) is 0 Å². The summed E-state index contributed by atoms with van der Waals surface area (Å²) >= 11 is 0. The number of hydrogen-bond acceptors (Lipinski definition) is 12. The van der Waals surface area contributed by atoms with Crippen LogP contribution < -0.4 is 0 Å². The van der Waals surface area contributed by atoms with Crippen molar-refractivity contribution in [1.82, 2.24) is 0 Å². The first-order chi connectivity index (χ1) is 21.1. The van der Waals surface area contributed by atoms with E-state index < -0.39 is 79.9 Å². The maximum Gasteiger partial charge on any atom is 0.259 e. The van der Waals surface area contributed by atoms with Crippen molar-refractivity contribution in [3.63, 3.8) is 0 Å². The molecule has 8 N–H and O–H groups in total. The van der Waals surface area contributed by atoms with Crippen LogP contribution in [0.4, 0.5) is 0 Å². The first-order valence-electron chi connectivity index (χ1n) is 17.0. The van der Waals surface area contributed by atoms with Crippen molar-refractivity contribution < 1.29 is 59.9 Å². The van der Waals surface area contributed by atoms with Crippen LogP contribution >= 0.6 is 0 Å². The van der Waals surface area contributed by atoms with Crippen LogP contribution in [0.2, 0.25) is 0 Å². The summed E-state index contributed by atoms with van der Waals surface area (Å²) in [5.41, 5.74) is 0. The summed E-state index contributed by atoms with van der Waals surface area (Å²) in [7, 11) is 0. The molecule has 2 fully saturated rings. The number of rotatable bonds is 23. The minimum atomic E-state index is -2.65. The molecule has 0 unspecified atom stereocenters. The zero-order chi connectivity index (χ0) is 32.5. The number of ketones is 1. The standard InChI is InChI=1S/C32H60O12/c1-2-3-4-5-6-7-8-9-10-11-12-13-14-15-16-17-18-19-24(35)32(30(40)27(38)25(36)22(20-33)43-32)44-29-23(21-34)42-31(41)28(39)26(29)37/h22-23,25-31,33-34,36-41H,2-21H2,1H3/t22-,23-,25+,26-,27+,28-,29-,30-,31-,32-/m1/s1. The summed E-state index contributed by atoms with van der Waals surface area (Å²) in [5, 5.41) is 81.6. The van der Waals surface area contributed by atoms with E-state index in [-0.39, 0.29) is 6.42 Å². The first-order valence-corrected chi connectivity index (χ1v) is 17.0. The van der Waals surface area contributed by atoms with Crippen molar-refractivity contribution in [2.75, 3.05) is 13.2 Å². The number of unbranched alkanes of at least 4 members (excludes halogenated alkanes) is 16. The minimum absolute atomic E-state index is 0.144. The minimum Gasteiger partial charge on any atom is -0.394 e. The monoisotopic (exact) mass is 636 g/mol. The topological polar surface area (TPSA) is 207 Å². The van der Waals surface area contributed by atoms with Gasteiger partial charge in [-0.25, -0.2) is 0 Å². The molecule has 2 rings (SSSR count). The van der Waals surface area contributed by atoms with E-state index in [2.05, 4.69) is 6.92 Å². The van der Waals surface area contributed by atoms with Gasteiger partial charge in [-0.1, -0.05) is 110 Å². The SMILES string of the molecule is CCCCCCCCCCCCCCCCCCCC(=O)[C@]1(O[C@H]2[C@H](O)[C@@H](O)[C@H](O)O[C@@H]2CO)O[C@H](CO)[C@H](O)[C@H](O)[C@H]1O. The molecule has 10 atom stereocenters. The molecular weight excluding hydrogens is 576 g/mol. The molecule has 260 valence electrons. The van der Waals surface area contributed by atoms with Gasteiger partial charge in [-0.2, -0.15) is 0 Å². The smallest absolute Gasteiger partial charge is 0.259 e. The number of hydrogen-bond donors (Lipinski definition) is 8. The number of aliphatic hydroxyl groups is 8. The van der Waals surface area contributed by atoms with E-state index in [1.54, 1.807) is 0 Å². The Morgan fingerprint density at radius 1 is 0.614 bits per heavy atom. The number of ether oxygens (including phenoxy) is 3. The lowest BCUT2D eigenvalue weighted by Gasteiger charge is -2.50. The molecule has 0 saturated carbocycles. The molecule has 2 saturated heterocycles. The van der Waals surface area contributed by atoms with E-state index in [9.17, 15) is 45.6 Å². The summed E-state index contributed by atoms with van der Waals surface area (Å²) in [4.78, 5) is 13.5.